The summed E-state index contributed by atoms with van der Waals surface area (Å²) in [7, 11) is 2.13. The first-order valence-corrected chi connectivity index (χ1v) is 6.26. The maximum atomic E-state index is 9.53. The van der Waals surface area contributed by atoms with Gasteiger partial charge in [0.25, 0.3) is 0 Å². The zero-order valence-electron chi connectivity index (χ0n) is 10.9. The fourth-order valence-electron chi connectivity index (χ4n) is 2.46. The smallest absolute Gasteiger partial charge is 0.0648 e. The zero-order chi connectivity index (χ0) is 12.4. The Kier molecular flexibility index (Phi) is 3.69. The summed E-state index contributed by atoms with van der Waals surface area (Å²) < 4.78 is 0. The molecule has 1 heterocycles. The summed E-state index contributed by atoms with van der Waals surface area (Å²) in [6.07, 6.45) is 0. The summed E-state index contributed by atoms with van der Waals surface area (Å²) in [6, 6.07) is 9.25. The molecule has 0 amide bonds. The maximum absolute atomic E-state index is 9.53. The molecule has 1 N–H and O–H groups in total. The van der Waals surface area contributed by atoms with E-state index >= 15 is 0 Å². The molecule has 1 aromatic rings. The van der Waals surface area contributed by atoms with Crippen molar-refractivity contribution in [2.75, 3.05) is 31.6 Å². The molecule has 0 saturated carbocycles. The van der Waals surface area contributed by atoms with Gasteiger partial charge in [-0.1, -0.05) is 12.1 Å². The third kappa shape index (κ3) is 2.61. The van der Waals surface area contributed by atoms with E-state index in [4.69, 9.17) is 0 Å². The minimum absolute atomic E-state index is 0.206. The van der Waals surface area contributed by atoms with Crippen molar-refractivity contribution >= 4 is 5.69 Å². The standard InChI is InChI=1S/C14H22N2O/c1-11-5-4-6-13(7-11)16-8-12(2)15(3)9-14(16)10-17/h4-7,12,14,17H,8-10H2,1-3H3. The molecule has 2 unspecified atom stereocenters. The van der Waals surface area contributed by atoms with E-state index < -0.39 is 0 Å². The van der Waals surface area contributed by atoms with Crippen LogP contribution >= 0.6 is 0 Å². The fourth-order valence-corrected chi connectivity index (χ4v) is 2.46. The Morgan fingerprint density at radius 1 is 1.35 bits per heavy atom. The average molecular weight is 234 g/mol. The highest BCUT2D eigenvalue weighted by Crippen LogP contribution is 2.23. The van der Waals surface area contributed by atoms with Gasteiger partial charge in [0, 0.05) is 24.8 Å². The van der Waals surface area contributed by atoms with Crippen LogP contribution < -0.4 is 4.90 Å². The van der Waals surface area contributed by atoms with Crippen molar-refractivity contribution in [3.8, 4) is 0 Å². The molecule has 0 aliphatic carbocycles. The van der Waals surface area contributed by atoms with Crippen LogP contribution in [0.2, 0.25) is 0 Å². The largest absolute Gasteiger partial charge is 0.394 e. The minimum atomic E-state index is 0.206. The van der Waals surface area contributed by atoms with Crippen LogP contribution in [0.5, 0.6) is 0 Å². The van der Waals surface area contributed by atoms with Gasteiger partial charge in [0.05, 0.1) is 12.6 Å². The van der Waals surface area contributed by atoms with E-state index in [1.54, 1.807) is 0 Å². The number of piperazine rings is 1. The lowest BCUT2D eigenvalue weighted by Crippen LogP contribution is -2.57. The lowest BCUT2D eigenvalue weighted by Gasteiger charge is -2.44. The highest BCUT2D eigenvalue weighted by Gasteiger charge is 2.29. The second-order valence-electron chi connectivity index (χ2n) is 5.12. The number of likely N-dealkylation sites (N-methyl/N-ethyl adjacent to an activating group) is 1. The van der Waals surface area contributed by atoms with Gasteiger partial charge in [-0.3, -0.25) is 4.90 Å². The Balaban J connectivity index is 2.23. The van der Waals surface area contributed by atoms with Crippen LogP contribution in [0.25, 0.3) is 0 Å². The van der Waals surface area contributed by atoms with Crippen molar-refractivity contribution in [2.24, 2.45) is 0 Å². The molecule has 1 aliphatic heterocycles. The highest BCUT2D eigenvalue weighted by atomic mass is 16.3. The van der Waals surface area contributed by atoms with E-state index in [0.29, 0.717) is 6.04 Å². The number of anilines is 1. The molecular formula is C14H22N2O. The lowest BCUT2D eigenvalue weighted by molar-refractivity contribution is 0.155. The molecule has 2 atom stereocenters. The van der Waals surface area contributed by atoms with E-state index in [9.17, 15) is 5.11 Å². The third-order valence-electron chi connectivity index (χ3n) is 3.70. The second-order valence-corrected chi connectivity index (χ2v) is 5.12. The second kappa shape index (κ2) is 5.07. The van der Waals surface area contributed by atoms with E-state index in [2.05, 4.69) is 55.0 Å². The first kappa shape index (κ1) is 12.4. The van der Waals surface area contributed by atoms with E-state index in [1.165, 1.54) is 11.3 Å². The van der Waals surface area contributed by atoms with Crippen LogP contribution in [0.4, 0.5) is 5.69 Å². The van der Waals surface area contributed by atoms with E-state index in [0.717, 1.165) is 13.1 Å². The summed E-state index contributed by atoms with van der Waals surface area (Å²) in [4.78, 5) is 4.64. The van der Waals surface area contributed by atoms with Crippen molar-refractivity contribution in [1.29, 1.82) is 0 Å². The summed E-state index contributed by atoms with van der Waals surface area (Å²) >= 11 is 0. The number of aliphatic hydroxyl groups is 1. The molecule has 17 heavy (non-hydrogen) atoms. The Bertz CT molecular complexity index is 380. The monoisotopic (exact) mass is 234 g/mol. The quantitative estimate of drug-likeness (QED) is 0.840. The molecule has 2 rings (SSSR count). The summed E-state index contributed by atoms with van der Waals surface area (Å²) in [5.74, 6) is 0. The molecule has 1 aromatic carbocycles. The van der Waals surface area contributed by atoms with Crippen LogP contribution in [-0.4, -0.2) is 48.8 Å². The predicted octanol–water partition coefficient (Wildman–Crippen LogP) is 1.50. The lowest BCUT2D eigenvalue weighted by atomic mass is 10.1. The molecule has 1 aliphatic rings. The molecule has 94 valence electrons. The Labute approximate surface area is 104 Å². The summed E-state index contributed by atoms with van der Waals surface area (Å²) in [5.41, 5.74) is 2.50. The Morgan fingerprint density at radius 2 is 2.12 bits per heavy atom. The van der Waals surface area contributed by atoms with Gasteiger partial charge in [-0.25, -0.2) is 0 Å². The van der Waals surface area contributed by atoms with Gasteiger partial charge in [0.2, 0.25) is 0 Å². The molecule has 3 nitrogen and oxygen atoms in total. The first-order valence-electron chi connectivity index (χ1n) is 6.26. The maximum Gasteiger partial charge on any atom is 0.0648 e. The van der Waals surface area contributed by atoms with Crippen LogP contribution in [-0.2, 0) is 0 Å². The van der Waals surface area contributed by atoms with Crippen molar-refractivity contribution < 1.29 is 5.11 Å². The number of aliphatic hydroxyl groups excluding tert-OH is 1. The third-order valence-corrected chi connectivity index (χ3v) is 3.70. The van der Waals surface area contributed by atoms with Crippen molar-refractivity contribution in [2.45, 2.75) is 25.9 Å². The van der Waals surface area contributed by atoms with Gasteiger partial charge >= 0.3 is 0 Å². The normalized spacial score (nSPS) is 26.2. The Hall–Kier alpha value is -1.06. The molecule has 0 aromatic heterocycles. The molecule has 3 heteroatoms. The van der Waals surface area contributed by atoms with Crippen LogP contribution in [0.1, 0.15) is 12.5 Å². The van der Waals surface area contributed by atoms with Gasteiger partial charge in [-0.05, 0) is 38.6 Å². The molecule has 1 fully saturated rings. The van der Waals surface area contributed by atoms with Gasteiger partial charge in [0.1, 0.15) is 0 Å². The molecule has 0 radical (unpaired) electrons. The predicted molar refractivity (Wildman–Crippen MR) is 71.5 cm³/mol. The van der Waals surface area contributed by atoms with Gasteiger partial charge < -0.3 is 10.0 Å². The van der Waals surface area contributed by atoms with Crippen molar-refractivity contribution in [1.82, 2.24) is 4.90 Å². The SMILES string of the molecule is Cc1cccc(N2CC(C)N(C)CC2CO)c1. The zero-order valence-corrected chi connectivity index (χ0v) is 10.9. The van der Waals surface area contributed by atoms with Crippen LogP contribution in [0.3, 0.4) is 0 Å². The number of hydrogen-bond donors (Lipinski definition) is 1. The van der Waals surface area contributed by atoms with Gasteiger partial charge in [-0.2, -0.15) is 0 Å². The number of hydrogen-bond acceptors (Lipinski definition) is 3. The Morgan fingerprint density at radius 3 is 2.76 bits per heavy atom. The first-order chi connectivity index (χ1) is 8.11. The van der Waals surface area contributed by atoms with E-state index in [-0.39, 0.29) is 12.6 Å². The minimum Gasteiger partial charge on any atom is -0.394 e. The number of nitrogens with zero attached hydrogens (tertiary/aromatic N) is 2. The topological polar surface area (TPSA) is 26.7 Å². The van der Waals surface area contributed by atoms with Crippen LogP contribution in [0.15, 0.2) is 24.3 Å². The van der Waals surface area contributed by atoms with Crippen LogP contribution in [0, 0.1) is 6.92 Å². The van der Waals surface area contributed by atoms with E-state index in [1.807, 2.05) is 0 Å². The average Bonchev–Trinajstić information content (AvgIpc) is 2.32. The van der Waals surface area contributed by atoms with Crippen molar-refractivity contribution in [3.63, 3.8) is 0 Å². The van der Waals surface area contributed by atoms with Gasteiger partial charge in [-0.15, -0.1) is 0 Å². The summed E-state index contributed by atoms with van der Waals surface area (Å²) in [5, 5.41) is 9.53. The van der Waals surface area contributed by atoms with Crippen molar-refractivity contribution in [3.05, 3.63) is 29.8 Å². The number of rotatable bonds is 2. The number of aryl methyl sites for hydroxylation is 1. The van der Waals surface area contributed by atoms with Gasteiger partial charge in [0.15, 0.2) is 0 Å². The molecular weight excluding hydrogens is 212 g/mol. The summed E-state index contributed by atoms with van der Waals surface area (Å²) in [6.45, 7) is 6.45. The fraction of sp³-hybridized carbons (Fsp3) is 0.571. The molecule has 0 bridgehead atoms. The number of benzene rings is 1. The highest BCUT2D eigenvalue weighted by molar-refractivity contribution is 5.50. The molecule has 0 spiro atoms. The molecule has 1 saturated heterocycles.